The predicted molar refractivity (Wildman–Crippen MR) is 70.2 cm³/mol. The Morgan fingerprint density at radius 2 is 2.06 bits per heavy atom. The lowest BCUT2D eigenvalue weighted by atomic mass is 10.2. The van der Waals surface area contributed by atoms with E-state index in [4.69, 9.17) is 0 Å². The van der Waals surface area contributed by atoms with Gasteiger partial charge in [0, 0.05) is 4.47 Å². The van der Waals surface area contributed by atoms with Crippen molar-refractivity contribution < 1.29 is 4.79 Å². The molecule has 2 N–H and O–H groups in total. The maximum absolute atomic E-state index is 12.1. The van der Waals surface area contributed by atoms with Crippen molar-refractivity contribution in [3.05, 3.63) is 45.7 Å². The first-order valence-electron chi connectivity index (χ1n) is 5.17. The maximum Gasteiger partial charge on any atom is 0.256 e. The number of amides is 1. The molecular weight excluding hydrogens is 282 g/mol. The molecular formula is C12H12BrN3O. The summed E-state index contributed by atoms with van der Waals surface area (Å²) in [4.78, 5) is 12.1. The zero-order chi connectivity index (χ0) is 12.4. The van der Waals surface area contributed by atoms with E-state index < -0.39 is 0 Å². The molecule has 0 spiro atoms. The van der Waals surface area contributed by atoms with Crippen LogP contribution in [0, 0.1) is 13.8 Å². The number of hydrogen-bond acceptors (Lipinski definition) is 2. The first-order valence-corrected chi connectivity index (χ1v) is 5.96. The number of aromatic nitrogens is 2. The van der Waals surface area contributed by atoms with Crippen LogP contribution in [0.1, 0.15) is 21.7 Å². The number of benzene rings is 1. The first-order chi connectivity index (χ1) is 8.09. The molecule has 0 unspecified atom stereocenters. The van der Waals surface area contributed by atoms with Gasteiger partial charge in [-0.3, -0.25) is 9.89 Å². The Labute approximate surface area is 108 Å². The molecule has 88 valence electrons. The zero-order valence-electron chi connectivity index (χ0n) is 9.54. The Hall–Kier alpha value is -1.62. The van der Waals surface area contributed by atoms with Gasteiger partial charge in [-0.05, 0) is 41.9 Å². The van der Waals surface area contributed by atoms with Crippen LogP contribution in [0.3, 0.4) is 0 Å². The second-order valence-corrected chi connectivity index (χ2v) is 4.60. The van der Waals surface area contributed by atoms with Crippen LogP contribution in [-0.4, -0.2) is 16.1 Å². The number of anilines is 1. The van der Waals surface area contributed by atoms with Gasteiger partial charge in [-0.25, -0.2) is 0 Å². The van der Waals surface area contributed by atoms with Gasteiger partial charge in [-0.15, -0.1) is 0 Å². The van der Waals surface area contributed by atoms with Crippen molar-refractivity contribution in [2.24, 2.45) is 0 Å². The van der Waals surface area contributed by atoms with Gasteiger partial charge in [0.15, 0.2) is 0 Å². The van der Waals surface area contributed by atoms with Crippen LogP contribution in [-0.2, 0) is 0 Å². The van der Waals surface area contributed by atoms with E-state index in [1.807, 2.05) is 32.0 Å². The minimum Gasteiger partial charge on any atom is -0.319 e. The third-order valence-corrected chi connectivity index (χ3v) is 3.18. The topological polar surface area (TPSA) is 57.8 Å². The summed E-state index contributed by atoms with van der Waals surface area (Å²) in [5.41, 5.74) is 2.98. The Morgan fingerprint density at radius 3 is 2.65 bits per heavy atom. The number of aryl methyl sites for hydroxylation is 2. The lowest BCUT2D eigenvalue weighted by Gasteiger charge is -2.06. The van der Waals surface area contributed by atoms with Crippen molar-refractivity contribution in [1.29, 1.82) is 0 Å². The fourth-order valence-electron chi connectivity index (χ4n) is 1.56. The van der Waals surface area contributed by atoms with Crippen LogP contribution in [0.5, 0.6) is 0 Å². The number of aromatic amines is 1. The Kier molecular flexibility index (Phi) is 3.28. The van der Waals surface area contributed by atoms with Crippen molar-refractivity contribution in [1.82, 2.24) is 10.2 Å². The van der Waals surface area contributed by atoms with Crippen molar-refractivity contribution in [2.45, 2.75) is 13.8 Å². The number of hydrogen-bond donors (Lipinski definition) is 2. The summed E-state index contributed by atoms with van der Waals surface area (Å²) < 4.78 is 0.774. The molecule has 0 bridgehead atoms. The summed E-state index contributed by atoms with van der Waals surface area (Å²) in [6.45, 7) is 3.72. The number of H-pyrrole nitrogens is 1. The van der Waals surface area contributed by atoms with Gasteiger partial charge >= 0.3 is 0 Å². The summed E-state index contributed by atoms with van der Waals surface area (Å²) >= 11 is 3.35. The molecule has 2 aromatic rings. The molecule has 1 amide bonds. The van der Waals surface area contributed by atoms with Gasteiger partial charge in [-0.1, -0.05) is 12.1 Å². The minimum absolute atomic E-state index is 0.148. The third kappa shape index (κ3) is 2.39. The average Bonchev–Trinajstić information content (AvgIpc) is 2.61. The first kappa shape index (κ1) is 11.9. The van der Waals surface area contributed by atoms with Gasteiger partial charge in [0.05, 0.1) is 22.6 Å². The quantitative estimate of drug-likeness (QED) is 0.894. The molecule has 1 heterocycles. The molecule has 0 fully saturated rings. The molecule has 0 saturated carbocycles. The highest BCUT2D eigenvalue weighted by Crippen LogP contribution is 2.20. The van der Waals surface area contributed by atoms with Gasteiger partial charge < -0.3 is 5.32 Å². The largest absolute Gasteiger partial charge is 0.319 e. The van der Waals surface area contributed by atoms with Crippen molar-refractivity contribution in [3.8, 4) is 0 Å². The van der Waals surface area contributed by atoms with E-state index in [9.17, 15) is 4.79 Å². The van der Waals surface area contributed by atoms with Crippen LogP contribution in [0.2, 0.25) is 0 Å². The van der Waals surface area contributed by atoms with E-state index in [-0.39, 0.29) is 5.91 Å². The lowest BCUT2D eigenvalue weighted by molar-refractivity contribution is 0.102. The smallest absolute Gasteiger partial charge is 0.256 e. The van der Waals surface area contributed by atoms with Gasteiger partial charge in [0.1, 0.15) is 0 Å². The Balaban J connectivity index is 2.27. The molecule has 2 rings (SSSR count). The number of carbonyl (C=O) groups is 1. The standard InChI is InChI=1S/C12H12BrN3O/c1-7-11(8(2)16-15-7)14-12(17)9-5-3-4-6-10(9)13/h3-6H,1-2H3,(H,14,17)(H,15,16). The normalized spacial score (nSPS) is 10.3. The molecule has 17 heavy (non-hydrogen) atoms. The van der Waals surface area contributed by atoms with Crippen LogP contribution >= 0.6 is 15.9 Å². The van der Waals surface area contributed by atoms with E-state index >= 15 is 0 Å². The number of nitrogens with zero attached hydrogens (tertiary/aromatic N) is 1. The van der Waals surface area contributed by atoms with Gasteiger partial charge in [0.25, 0.3) is 5.91 Å². The third-order valence-electron chi connectivity index (χ3n) is 2.49. The molecule has 0 aliphatic heterocycles. The zero-order valence-corrected chi connectivity index (χ0v) is 11.1. The predicted octanol–water partition coefficient (Wildman–Crippen LogP) is 3.04. The maximum atomic E-state index is 12.1. The number of halogens is 1. The van der Waals surface area contributed by atoms with E-state index in [0.717, 1.165) is 21.5 Å². The molecule has 5 heteroatoms. The Bertz CT molecular complexity index is 543. The lowest BCUT2D eigenvalue weighted by Crippen LogP contribution is -2.13. The fourth-order valence-corrected chi connectivity index (χ4v) is 2.03. The summed E-state index contributed by atoms with van der Waals surface area (Å²) in [5, 5.41) is 9.72. The van der Waals surface area contributed by atoms with Gasteiger partial charge in [0.2, 0.25) is 0 Å². The highest BCUT2D eigenvalue weighted by Gasteiger charge is 2.13. The highest BCUT2D eigenvalue weighted by molar-refractivity contribution is 9.10. The molecule has 0 aliphatic carbocycles. The molecule has 0 aliphatic rings. The number of nitrogens with one attached hydrogen (secondary N) is 2. The molecule has 1 aromatic heterocycles. The number of carbonyl (C=O) groups excluding carboxylic acids is 1. The van der Waals surface area contributed by atoms with Crippen LogP contribution in [0.25, 0.3) is 0 Å². The second kappa shape index (κ2) is 4.71. The van der Waals surface area contributed by atoms with Crippen molar-refractivity contribution >= 4 is 27.5 Å². The molecule has 0 atom stereocenters. The van der Waals surface area contributed by atoms with E-state index in [0.29, 0.717) is 5.56 Å². The summed E-state index contributed by atoms with van der Waals surface area (Å²) in [7, 11) is 0. The van der Waals surface area contributed by atoms with Gasteiger partial charge in [-0.2, -0.15) is 5.10 Å². The molecule has 0 radical (unpaired) electrons. The molecule has 4 nitrogen and oxygen atoms in total. The highest BCUT2D eigenvalue weighted by atomic mass is 79.9. The average molecular weight is 294 g/mol. The SMILES string of the molecule is Cc1n[nH]c(C)c1NC(=O)c1ccccc1Br. The summed E-state index contributed by atoms with van der Waals surface area (Å²) in [6, 6.07) is 7.30. The molecule has 0 saturated heterocycles. The van der Waals surface area contributed by atoms with Crippen molar-refractivity contribution in [2.75, 3.05) is 5.32 Å². The van der Waals surface area contributed by atoms with E-state index in [1.165, 1.54) is 0 Å². The summed E-state index contributed by atoms with van der Waals surface area (Å²) in [6.07, 6.45) is 0. The monoisotopic (exact) mass is 293 g/mol. The van der Waals surface area contributed by atoms with E-state index in [1.54, 1.807) is 6.07 Å². The van der Waals surface area contributed by atoms with Crippen molar-refractivity contribution in [3.63, 3.8) is 0 Å². The fraction of sp³-hybridized carbons (Fsp3) is 0.167. The van der Waals surface area contributed by atoms with E-state index in [2.05, 4.69) is 31.4 Å². The Morgan fingerprint density at radius 1 is 1.35 bits per heavy atom. The second-order valence-electron chi connectivity index (χ2n) is 3.74. The summed E-state index contributed by atoms with van der Waals surface area (Å²) in [5.74, 6) is -0.148. The van der Waals surface area contributed by atoms with Crippen LogP contribution in [0.4, 0.5) is 5.69 Å². The molecule has 1 aromatic carbocycles. The van der Waals surface area contributed by atoms with Crippen LogP contribution < -0.4 is 5.32 Å². The minimum atomic E-state index is -0.148. The van der Waals surface area contributed by atoms with Crippen LogP contribution in [0.15, 0.2) is 28.7 Å². The number of rotatable bonds is 2.